The number of hydrogen-bond acceptors (Lipinski definition) is 5. The molecule has 0 radical (unpaired) electrons. The summed E-state index contributed by atoms with van der Waals surface area (Å²) in [7, 11) is 0. The standard InChI is InChI=1S/C12H17Cl2N3O.C5H10O2/c1-12(2,3)11(18)16-6-7-4-10(17-15)9(14)5-8(7)13;1-5(2,3)7-4-6/h4-5,17H,6,15H2,1-3H3,(H,16,18);4H,1-3H3. The van der Waals surface area contributed by atoms with Gasteiger partial charge in [-0.05, 0) is 38.5 Å². The fraction of sp³-hybridized carbons (Fsp3) is 0.529. The molecule has 4 N–H and O–H groups in total. The number of halogens is 2. The highest BCUT2D eigenvalue weighted by Crippen LogP contribution is 2.28. The molecule has 0 saturated carbocycles. The molecule has 0 aromatic heterocycles. The molecule has 142 valence electrons. The highest BCUT2D eigenvalue weighted by Gasteiger charge is 2.21. The SMILES string of the molecule is CC(C)(C)C(=O)NCc1cc(NN)c(Cl)cc1Cl.CC(C)(C)OC=O. The third-order valence-electron chi connectivity index (χ3n) is 2.81. The summed E-state index contributed by atoms with van der Waals surface area (Å²) in [6.45, 7) is 11.8. The van der Waals surface area contributed by atoms with Crippen LogP contribution in [0.4, 0.5) is 5.69 Å². The largest absolute Gasteiger partial charge is 0.462 e. The molecule has 0 saturated heterocycles. The van der Waals surface area contributed by atoms with E-state index in [2.05, 4.69) is 15.5 Å². The summed E-state index contributed by atoms with van der Waals surface area (Å²) in [5.41, 5.74) is 3.05. The first kappa shape index (κ1) is 23.5. The summed E-state index contributed by atoms with van der Waals surface area (Å²) in [6.07, 6.45) is 0. The van der Waals surface area contributed by atoms with Crippen LogP contribution in [0.1, 0.15) is 47.1 Å². The molecule has 1 amide bonds. The van der Waals surface area contributed by atoms with Gasteiger partial charge in [-0.1, -0.05) is 44.0 Å². The molecule has 0 aliphatic carbocycles. The molecule has 0 spiro atoms. The smallest absolute Gasteiger partial charge is 0.293 e. The highest BCUT2D eigenvalue weighted by molar-refractivity contribution is 6.36. The number of anilines is 1. The van der Waals surface area contributed by atoms with Gasteiger partial charge in [0.05, 0.1) is 10.7 Å². The van der Waals surface area contributed by atoms with Crippen LogP contribution in [0.5, 0.6) is 0 Å². The van der Waals surface area contributed by atoms with Crippen molar-refractivity contribution in [1.29, 1.82) is 0 Å². The molecule has 1 rings (SSSR count). The number of rotatable bonds is 4. The highest BCUT2D eigenvalue weighted by atomic mass is 35.5. The van der Waals surface area contributed by atoms with Crippen molar-refractivity contribution in [1.82, 2.24) is 5.32 Å². The first-order chi connectivity index (χ1) is 11.3. The van der Waals surface area contributed by atoms with Gasteiger partial charge in [0, 0.05) is 17.0 Å². The second-order valence-electron chi connectivity index (χ2n) is 7.33. The molecule has 0 fully saturated rings. The minimum atomic E-state index is -0.437. The van der Waals surface area contributed by atoms with Gasteiger partial charge in [0.15, 0.2) is 0 Å². The van der Waals surface area contributed by atoms with E-state index in [1.54, 1.807) is 12.1 Å². The van der Waals surface area contributed by atoms with Crippen LogP contribution in [0, 0.1) is 5.41 Å². The summed E-state index contributed by atoms with van der Waals surface area (Å²) < 4.78 is 4.55. The number of nitrogens with one attached hydrogen (secondary N) is 2. The minimum Gasteiger partial charge on any atom is -0.462 e. The van der Waals surface area contributed by atoms with Gasteiger partial charge in [-0.15, -0.1) is 0 Å². The summed E-state index contributed by atoms with van der Waals surface area (Å²) in [5, 5.41) is 3.75. The number of nitrogen functional groups attached to an aromatic ring is 1. The molecule has 25 heavy (non-hydrogen) atoms. The number of amides is 1. The summed E-state index contributed by atoms with van der Waals surface area (Å²) in [6, 6.07) is 3.31. The lowest BCUT2D eigenvalue weighted by molar-refractivity contribution is -0.138. The monoisotopic (exact) mass is 391 g/mol. The molecule has 1 aromatic carbocycles. The Morgan fingerprint density at radius 3 is 2.08 bits per heavy atom. The third-order valence-corrected chi connectivity index (χ3v) is 3.48. The van der Waals surface area contributed by atoms with E-state index in [0.717, 1.165) is 5.56 Å². The van der Waals surface area contributed by atoms with Gasteiger partial charge >= 0.3 is 0 Å². The topological polar surface area (TPSA) is 93.5 Å². The summed E-state index contributed by atoms with van der Waals surface area (Å²) in [4.78, 5) is 21.3. The quantitative estimate of drug-likeness (QED) is 0.411. The van der Waals surface area contributed by atoms with Gasteiger partial charge in [0.2, 0.25) is 5.91 Å². The number of hydrogen-bond donors (Lipinski definition) is 3. The predicted molar refractivity (Wildman–Crippen MR) is 102 cm³/mol. The van der Waals surface area contributed by atoms with Gasteiger partial charge < -0.3 is 15.5 Å². The Labute approximate surface area is 159 Å². The molecule has 1 aromatic rings. The lowest BCUT2D eigenvalue weighted by atomic mass is 9.95. The molecule has 0 aliphatic heterocycles. The fourth-order valence-corrected chi connectivity index (χ4v) is 1.93. The maximum absolute atomic E-state index is 11.8. The zero-order valence-electron chi connectivity index (χ0n) is 15.5. The predicted octanol–water partition coefficient (Wildman–Crippen LogP) is 3.90. The fourth-order valence-electron chi connectivity index (χ4n) is 1.42. The van der Waals surface area contributed by atoms with Crippen molar-refractivity contribution >= 4 is 41.3 Å². The van der Waals surface area contributed by atoms with Crippen LogP contribution in [0.3, 0.4) is 0 Å². The number of carbonyl (C=O) groups is 2. The lowest BCUT2D eigenvalue weighted by Gasteiger charge is -2.18. The van der Waals surface area contributed by atoms with Crippen molar-refractivity contribution < 1.29 is 14.3 Å². The van der Waals surface area contributed by atoms with Gasteiger partial charge in [-0.25, -0.2) is 0 Å². The first-order valence-corrected chi connectivity index (χ1v) is 8.41. The van der Waals surface area contributed by atoms with Crippen LogP contribution in [0.15, 0.2) is 12.1 Å². The van der Waals surface area contributed by atoms with E-state index >= 15 is 0 Å². The summed E-state index contributed by atoms with van der Waals surface area (Å²) >= 11 is 12.0. The molecule has 8 heteroatoms. The molecular formula is C17H27Cl2N3O3. The Balaban J connectivity index is 0.000000697. The molecular weight excluding hydrogens is 365 g/mol. The van der Waals surface area contributed by atoms with Gasteiger partial charge in [-0.3, -0.25) is 15.4 Å². The van der Waals surface area contributed by atoms with E-state index in [-0.39, 0.29) is 11.5 Å². The Hall–Kier alpha value is -1.50. The average Bonchev–Trinajstić information content (AvgIpc) is 2.44. The molecule has 0 bridgehead atoms. The number of nitrogens with two attached hydrogens (primary N) is 1. The molecule has 0 heterocycles. The van der Waals surface area contributed by atoms with Crippen LogP contribution in [-0.4, -0.2) is 18.0 Å². The third kappa shape index (κ3) is 9.53. The van der Waals surface area contributed by atoms with Crippen molar-refractivity contribution in [2.75, 3.05) is 5.43 Å². The second kappa shape index (κ2) is 9.85. The van der Waals surface area contributed by atoms with Crippen molar-refractivity contribution in [2.45, 2.75) is 53.7 Å². The Morgan fingerprint density at radius 2 is 1.72 bits per heavy atom. The van der Waals surface area contributed by atoms with Crippen LogP contribution < -0.4 is 16.6 Å². The summed E-state index contributed by atoms with van der Waals surface area (Å²) in [5.74, 6) is 5.28. The van der Waals surface area contributed by atoms with Crippen LogP contribution in [0.25, 0.3) is 0 Å². The van der Waals surface area contributed by atoms with Crippen molar-refractivity contribution in [2.24, 2.45) is 11.3 Å². The molecule has 0 aliphatic rings. The number of benzene rings is 1. The van der Waals surface area contributed by atoms with E-state index < -0.39 is 5.41 Å². The normalized spacial score (nSPS) is 11.1. The Bertz CT molecular complexity index is 594. The number of ether oxygens (including phenoxy) is 1. The van der Waals surface area contributed by atoms with Gasteiger partial charge in [0.25, 0.3) is 6.47 Å². The lowest BCUT2D eigenvalue weighted by Crippen LogP contribution is -2.34. The number of carbonyl (C=O) groups excluding carboxylic acids is 2. The van der Waals surface area contributed by atoms with Crippen molar-refractivity contribution in [3.05, 3.63) is 27.7 Å². The minimum absolute atomic E-state index is 0.0456. The Morgan fingerprint density at radius 1 is 1.16 bits per heavy atom. The molecule has 0 unspecified atom stereocenters. The van der Waals surface area contributed by atoms with Crippen molar-refractivity contribution in [3.8, 4) is 0 Å². The van der Waals surface area contributed by atoms with Gasteiger partial charge in [0.1, 0.15) is 5.60 Å². The van der Waals surface area contributed by atoms with E-state index in [9.17, 15) is 9.59 Å². The van der Waals surface area contributed by atoms with Crippen LogP contribution in [0.2, 0.25) is 10.0 Å². The van der Waals surface area contributed by atoms with Gasteiger partial charge in [-0.2, -0.15) is 0 Å². The van der Waals surface area contributed by atoms with Crippen LogP contribution in [-0.2, 0) is 20.9 Å². The van der Waals surface area contributed by atoms with E-state index in [0.29, 0.717) is 28.7 Å². The maximum atomic E-state index is 11.8. The second-order valence-corrected chi connectivity index (χ2v) is 8.14. The Kier molecular flexibility index (Phi) is 9.26. The number of hydrazine groups is 1. The first-order valence-electron chi connectivity index (χ1n) is 7.66. The van der Waals surface area contributed by atoms with E-state index in [1.807, 2.05) is 41.5 Å². The van der Waals surface area contributed by atoms with E-state index in [4.69, 9.17) is 29.0 Å². The van der Waals surface area contributed by atoms with E-state index in [1.165, 1.54) is 0 Å². The zero-order valence-corrected chi connectivity index (χ0v) is 17.0. The average molecular weight is 392 g/mol. The zero-order chi connectivity index (χ0) is 19.8. The molecule has 6 nitrogen and oxygen atoms in total. The maximum Gasteiger partial charge on any atom is 0.293 e. The van der Waals surface area contributed by atoms with Crippen molar-refractivity contribution in [3.63, 3.8) is 0 Å². The molecule has 0 atom stereocenters. The van der Waals surface area contributed by atoms with Crippen LogP contribution >= 0.6 is 23.2 Å².